The molecule has 170 valence electrons. The van der Waals surface area contributed by atoms with Crippen molar-refractivity contribution in [2.45, 2.75) is 12.8 Å². The smallest absolute Gasteiger partial charge is 0.124 e. The minimum absolute atomic E-state index is 0. The van der Waals surface area contributed by atoms with Gasteiger partial charge >= 0.3 is 0 Å². The standard InChI is InChI=1S/C30H23N2O.Pt/c1-21(22-10-3-2-4-11-22)24-18-17-23(20-26(24)28-13-7-8-19-31-28)27-14-9-15-29(32-27)25-12-5-6-16-30(25)33;/h2-19,21,33H,1H3;/q-1;. The summed E-state index contributed by atoms with van der Waals surface area (Å²) < 4.78 is 0. The number of aromatic nitrogens is 2. The number of hydrogen-bond acceptors (Lipinski definition) is 3. The Morgan fingerprint density at radius 3 is 2.18 bits per heavy atom. The number of phenols is 1. The maximum atomic E-state index is 10.3. The molecule has 3 nitrogen and oxygen atoms in total. The molecule has 0 spiro atoms. The van der Waals surface area contributed by atoms with Gasteiger partial charge in [-0.1, -0.05) is 84.8 Å². The van der Waals surface area contributed by atoms with Crippen molar-refractivity contribution in [1.82, 2.24) is 9.97 Å². The van der Waals surface area contributed by atoms with Crippen LogP contribution in [0.3, 0.4) is 0 Å². The molecule has 5 rings (SSSR count). The van der Waals surface area contributed by atoms with Gasteiger partial charge in [0.1, 0.15) is 5.75 Å². The minimum atomic E-state index is 0. The maximum Gasteiger partial charge on any atom is 0.124 e. The van der Waals surface area contributed by atoms with Gasteiger partial charge < -0.3 is 5.11 Å². The van der Waals surface area contributed by atoms with Gasteiger partial charge in [-0.2, -0.15) is 0 Å². The molecule has 1 N–H and O–H groups in total. The number of pyridine rings is 2. The van der Waals surface area contributed by atoms with E-state index in [4.69, 9.17) is 4.98 Å². The minimum Gasteiger partial charge on any atom is -0.507 e. The molecule has 1 atom stereocenters. The van der Waals surface area contributed by atoms with Gasteiger partial charge in [0.05, 0.1) is 5.69 Å². The first kappa shape index (κ1) is 23.6. The zero-order chi connectivity index (χ0) is 22.6. The van der Waals surface area contributed by atoms with E-state index in [0.29, 0.717) is 5.56 Å². The third-order valence-electron chi connectivity index (χ3n) is 5.87. The topological polar surface area (TPSA) is 46.0 Å². The average molecular weight is 623 g/mol. The van der Waals surface area contributed by atoms with Crippen LogP contribution in [-0.4, -0.2) is 15.1 Å². The Labute approximate surface area is 214 Å². The SMILES string of the molecule is CC(c1ccccc1)c1ccc(-c2cccc(-c3ccccc3O)n2)[c-]c1-c1ccccn1.[Pt]. The van der Waals surface area contributed by atoms with Crippen LogP contribution in [0.1, 0.15) is 24.0 Å². The second kappa shape index (κ2) is 10.6. The van der Waals surface area contributed by atoms with E-state index in [-0.39, 0.29) is 32.7 Å². The summed E-state index contributed by atoms with van der Waals surface area (Å²) in [6, 6.07) is 37.3. The largest absolute Gasteiger partial charge is 0.507 e. The van der Waals surface area contributed by atoms with Crippen molar-refractivity contribution in [3.8, 4) is 39.5 Å². The predicted molar refractivity (Wildman–Crippen MR) is 133 cm³/mol. The summed E-state index contributed by atoms with van der Waals surface area (Å²) >= 11 is 0. The fourth-order valence-electron chi connectivity index (χ4n) is 4.08. The Hall–Kier alpha value is -3.55. The van der Waals surface area contributed by atoms with Crippen LogP contribution in [0.25, 0.3) is 33.8 Å². The third-order valence-corrected chi connectivity index (χ3v) is 5.87. The Morgan fingerprint density at radius 2 is 1.41 bits per heavy atom. The Kier molecular flexibility index (Phi) is 7.35. The van der Waals surface area contributed by atoms with E-state index in [0.717, 1.165) is 28.2 Å². The van der Waals surface area contributed by atoms with E-state index in [1.165, 1.54) is 11.1 Å². The first-order valence-corrected chi connectivity index (χ1v) is 11.0. The normalized spacial score (nSPS) is 11.4. The molecule has 0 bridgehead atoms. The van der Waals surface area contributed by atoms with E-state index < -0.39 is 0 Å². The van der Waals surface area contributed by atoms with Gasteiger partial charge in [-0.3, -0.25) is 9.97 Å². The van der Waals surface area contributed by atoms with Crippen LogP contribution < -0.4 is 0 Å². The summed E-state index contributed by atoms with van der Waals surface area (Å²) in [6.45, 7) is 2.21. The molecule has 3 aromatic carbocycles. The molecule has 0 radical (unpaired) electrons. The Bertz CT molecular complexity index is 1390. The quantitative estimate of drug-likeness (QED) is 0.212. The van der Waals surface area contributed by atoms with Gasteiger partial charge in [-0.15, -0.1) is 23.8 Å². The van der Waals surface area contributed by atoms with E-state index >= 15 is 0 Å². The van der Waals surface area contributed by atoms with Crippen molar-refractivity contribution in [3.63, 3.8) is 0 Å². The molecule has 0 saturated heterocycles. The average Bonchev–Trinajstić information content (AvgIpc) is 2.89. The predicted octanol–water partition coefficient (Wildman–Crippen LogP) is 7.13. The molecular formula is C30H23N2OPt-. The maximum absolute atomic E-state index is 10.3. The van der Waals surface area contributed by atoms with Gasteiger partial charge in [-0.25, -0.2) is 0 Å². The second-order valence-electron chi connectivity index (χ2n) is 7.97. The van der Waals surface area contributed by atoms with E-state index in [2.05, 4.69) is 54.4 Å². The van der Waals surface area contributed by atoms with Crippen molar-refractivity contribution in [2.24, 2.45) is 0 Å². The fourth-order valence-corrected chi connectivity index (χ4v) is 4.08. The number of hydrogen-bond donors (Lipinski definition) is 1. The van der Waals surface area contributed by atoms with Crippen LogP contribution in [0.15, 0.2) is 109 Å². The first-order valence-electron chi connectivity index (χ1n) is 11.0. The molecule has 0 saturated carbocycles. The summed E-state index contributed by atoms with van der Waals surface area (Å²) in [7, 11) is 0. The Balaban J connectivity index is 0.00000274. The second-order valence-corrected chi connectivity index (χ2v) is 7.97. The van der Waals surface area contributed by atoms with E-state index in [1.807, 2.05) is 66.9 Å². The van der Waals surface area contributed by atoms with Gasteiger partial charge in [0, 0.05) is 44.2 Å². The summed E-state index contributed by atoms with van der Waals surface area (Å²) in [5.41, 5.74) is 7.38. The van der Waals surface area contributed by atoms with Gasteiger partial charge in [-0.05, 0) is 35.7 Å². The van der Waals surface area contributed by atoms with Crippen LogP contribution in [0.2, 0.25) is 0 Å². The number of nitrogens with zero attached hydrogens (tertiary/aromatic N) is 2. The third kappa shape index (κ3) is 4.85. The molecular weight excluding hydrogens is 599 g/mol. The molecule has 2 aromatic heterocycles. The summed E-state index contributed by atoms with van der Waals surface area (Å²) in [5, 5.41) is 10.3. The first-order chi connectivity index (χ1) is 16.2. The van der Waals surface area contributed by atoms with Gasteiger partial charge in [0.15, 0.2) is 0 Å². The number of benzene rings is 3. The van der Waals surface area contributed by atoms with Crippen LogP contribution >= 0.6 is 0 Å². The molecule has 2 heterocycles. The van der Waals surface area contributed by atoms with E-state index in [9.17, 15) is 5.11 Å². The molecule has 1 unspecified atom stereocenters. The van der Waals surface area contributed by atoms with Gasteiger partial charge in [0.25, 0.3) is 0 Å². The van der Waals surface area contributed by atoms with Crippen LogP contribution in [-0.2, 0) is 21.1 Å². The fraction of sp³-hybridized carbons (Fsp3) is 0.0667. The van der Waals surface area contributed by atoms with Crippen LogP contribution in [0, 0.1) is 6.07 Å². The van der Waals surface area contributed by atoms with E-state index in [1.54, 1.807) is 6.07 Å². The number of aromatic hydroxyl groups is 1. The van der Waals surface area contributed by atoms with Gasteiger partial charge in [0.2, 0.25) is 0 Å². The monoisotopic (exact) mass is 622 g/mol. The summed E-state index contributed by atoms with van der Waals surface area (Å²) in [6.07, 6.45) is 1.81. The molecule has 4 heteroatoms. The van der Waals surface area contributed by atoms with Crippen molar-refractivity contribution in [3.05, 3.63) is 127 Å². The summed E-state index contributed by atoms with van der Waals surface area (Å²) in [4.78, 5) is 9.44. The van der Waals surface area contributed by atoms with Crippen molar-refractivity contribution >= 4 is 0 Å². The number of para-hydroxylation sites is 1. The molecule has 0 aliphatic rings. The van der Waals surface area contributed by atoms with Crippen LogP contribution in [0.5, 0.6) is 5.75 Å². The van der Waals surface area contributed by atoms with Crippen molar-refractivity contribution < 1.29 is 26.2 Å². The number of rotatable bonds is 5. The van der Waals surface area contributed by atoms with Crippen molar-refractivity contribution in [2.75, 3.05) is 0 Å². The van der Waals surface area contributed by atoms with Crippen molar-refractivity contribution in [1.29, 1.82) is 0 Å². The molecule has 0 amide bonds. The zero-order valence-electron chi connectivity index (χ0n) is 18.6. The molecule has 0 fully saturated rings. The van der Waals surface area contributed by atoms with Crippen LogP contribution in [0.4, 0.5) is 0 Å². The molecule has 34 heavy (non-hydrogen) atoms. The molecule has 0 aliphatic heterocycles. The Morgan fingerprint density at radius 1 is 0.706 bits per heavy atom. The molecule has 5 aromatic rings. The molecule has 0 aliphatic carbocycles. The number of phenolic OH excluding ortho intramolecular Hbond substituents is 1. The summed E-state index contributed by atoms with van der Waals surface area (Å²) in [5.74, 6) is 0.404. The zero-order valence-corrected chi connectivity index (χ0v) is 20.9.